The van der Waals surface area contributed by atoms with Gasteiger partial charge in [-0.1, -0.05) is 18.9 Å². The average molecular weight is 346 g/mol. The topological polar surface area (TPSA) is 105 Å². The molecule has 2 amide bonds. The number of anilines is 1. The van der Waals surface area contributed by atoms with Gasteiger partial charge in [-0.2, -0.15) is 0 Å². The fourth-order valence-corrected chi connectivity index (χ4v) is 2.55. The molecule has 1 aromatic rings. The molecule has 2 fully saturated rings. The molecule has 0 bridgehead atoms. The van der Waals surface area contributed by atoms with Gasteiger partial charge in [-0.15, -0.1) is 0 Å². The maximum Gasteiger partial charge on any atom is 0.326 e. The Bertz CT molecular complexity index is 667. The number of carbonyl (C=O) groups excluding carboxylic acids is 2. The molecule has 134 valence electrons. The first-order valence-corrected chi connectivity index (χ1v) is 8.57. The Morgan fingerprint density at radius 3 is 2.60 bits per heavy atom. The molecule has 1 aromatic carbocycles. The summed E-state index contributed by atoms with van der Waals surface area (Å²) in [6, 6.07) is 5.94. The normalized spacial score (nSPS) is 17.4. The predicted molar refractivity (Wildman–Crippen MR) is 90.2 cm³/mol. The molecule has 1 atom stereocenters. The molecule has 0 aromatic heterocycles. The summed E-state index contributed by atoms with van der Waals surface area (Å²) in [7, 11) is 0. The van der Waals surface area contributed by atoms with E-state index in [-0.39, 0.29) is 18.4 Å². The number of nitrogens with one attached hydrogen (secondary N) is 2. The van der Waals surface area contributed by atoms with Crippen molar-refractivity contribution in [1.82, 2.24) is 5.32 Å². The lowest BCUT2D eigenvalue weighted by molar-refractivity contribution is -0.142. The Kier molecular flexibility index (Phi) is 5.21. The molecule has 3 rings (SSSR count). The van der Waals surface area contributed by atoms with E-state index in [0.717, 1.165) is 25.7 Å². The number of carbonyl (C=O) groups is 3. The first-order chi connectivity index (χ1) is 12.0. The Labute approximate surface area is 145 Å². The number of carboxylic acid groups (broad SMARTS) is 1. The molecule has 7 heteroatoms. The molecule has 0 saturated heterocycles. The van der Waals surface area contributed by atoms with E-state index in [1.54, 1.807) is 24.3 Å². The molecule has 0 spiro atoms. The third-order valence-electron chi connectivity index (χ3n) is 4.32. The molecule has 2 aliphatic carbocycles. The van der Waals surface area contributed by atoms with Crippen LogP contribution in [0.15, 0.2) is 24.3 Å². The molecule has 3 N–H and O–H groups in total. The van der Waals surface area contributed by atoms with Crippen LogP contribution in [0.5, 0.6) is 5.75 Å². The van der Waals surface area contributed by atoms with Crippen LogP contribution in [0.4, 0.5) is 5.69 Å². The summed E-state index contributed by atoms with van der Waals surface area (Å²) in [5.74, 6) is -0.550. The molecular formula is C18H22N2O5. The van der Waals surface area contributed by atoms with Crippen molar-refractivity contribution in [2.75, 3.05) is 11.9 Å². The van der Waals surface area contributed by atoms with Crippen LogP contribution >= 0.6 is 0 Å². The summed E-state index contributed by atoms with van der Waals surface area (Å²) in [5.41, 5.74) is 0.618. The van der Waals surface area contributed by atoms with E-state index < -0.39 is 17.9 Å². The Hall–Kier alpha value is -2.57. The number of ether oxygens (including phenoxy) is 1. The second-order valence-electron chi connectivity index (χ2n) is 6.72. The molecule has 1 unspecified atom stereocenters. The third-order valence-corrected chi connectivity index (χ3v) is 4.32. The van der Waals surface area contributed by atoms with Crippen LogP contribution in [0.1, 0.15) is 32.1 Å². The van der Waals surface area contributed by atoms with Crippen LogP contribution in [0, 0.1) is 11.8 Å². The van der Waals surface area contributed by atoms with E-state index in [2.05, 4.69) is 10.6 Å². The van der Waals surface area contributed by atoms with Crippen LogP contribution in [0.2, 0.25) is 0 Å². The molecule has 0 radical (unpaired) electrons. The van der Waals surface area contributed by atoms with Gasteiger partial charge in [-0.05, 0) is 37.3 Å². The smallest absolute Gasteiger partial charge is 0.326 e. The van der Waals surface area contributed by atoms with Crippen molar-refractivity contribution in [1.29, 1.82) is 0 Å². The summed E-state index contributed by atoms with van der Waals surface area (Å²) in [5, 5.41) is 14.5. The lowest BCUT2D eigenvalue weighted by Gasteiger charge is -2.14. The molecule has 2 aliphatic rings. The van der Waals surface area contributed by atoms with Gasteiger partial charge in [0.25, 0.3) is 5.91 Å². The van der Waals surface area contributed by atoms with Gasteiger partial charge in [-0.3, -0.25) is 9.59 Å². The number of hydrogen-bond donors (Lipinski definition) is 3. The zero-order valence-electron chi connectivity index (χ0n) is 13.9. The van der Waals surface area contributed by atoms with Crippen molar-refractivity contribution in [3.05, 3.63) is 24.3 Å². The van der Waals surface area contributed by atoms with Gasteiger partial charge >= 0.3 is 5.97 Å². The van der Waals surface area contributed by atoms with Crippen molar-refractivity contribution in [2.24, 2.45) is 11.8 Å². The molecule has 7 nitrogen and oxygen atoms in total. The number of benzene rings is 1. The highest BCUT2D eigenvalue weighted by atomic mass is 16.5. The third kappa shape index (κ3) is 5.48. The van der Waals surface area contributed by atoms with E-state index >= 15 is 0 Å². The van der Waals surface area contributed by atoms with Crippen LogP contribution in [0.25, 0.3) is 0 Å². The average Bonchev–Trinajstić information content (AvgIpc) is 3.46. The minimum atomic E-state index is -1.02. The zero-order valence-corrected chi connectivity index (χ0v) is 13.9. The second-order valence-corrected chi connectivity index (χ2v) is 6.72. The van der Waals surface area contributed by atoms with Crippen LogP contribution in [-0.2, 0) is 14.4 Å². The summed E-state index contributed by atoms with van der Waals surface area (Å²) in [4.78, 5) is 34.9. The van der Waals surface area contributed by atoms with Crippen molar-refractivity contribution >= 4 is 23.5 Å². The van der Waals surface area contributed by atoms with Crippen molar-refractivity contribution in [3.63, 3.8) is 0 Å². The highest BCUT2D eigenvalue weighted by Crippen LogP contribution is 2.33. The van der Waals surface area contributed by atoms with Crippen LogP contribution in [-0.4, -0.2) is 35.5 Å². The van der Waals surface area contributed by atoms with E-state index in [1.807, 2.05) is 0 Å². The van der Waals surface area contributed by atoms with Crippen molar-refractivity contribution in [3.8, 4) is 5.75 Å². The highest BCUT2D eigenvalue weighted by molar-refractivity contribution is 5.94. The monoisotopic (exact) mass is 346 g/mol. The van der Waals surface area contributed by atoms with Gasteiger partial charge in [0.15, 0.2) is 6.61 Å². The first-order valence-electron chi connectivity index (χ1n) is 8.57. The lowest BCUT2D eigenvalue weighted by atomic mass is 10.1. The highest BCUT2D eigenvalue weighted by Gasteiger charge is 2.30. The molecular weight excluding hydrogens is 324 g/mol. The van der Waals surface area contributed by atoms with E-state index in [4.69, 9.17) is 9.84 Å². The van der Waals surface area contributed by atoms with Crippen LogP contribution in [0.3, 0.4) is 0 Å². The zero-order chi connectivity index (χ0) is 17.8. The Balaban J connectivity index is 1.47. The van der Waals surface area contributed by atoms with Gasteiger partial charge in [0, 0.05) is 17.7 Å². The molecule has 0 aliphatic heterocycles. The molecule has 25 heavy (non-hydrogen) atoms. The van der Waals surface area contributed by atoms with Crippen molar-refractivity contribution in [2.45, 2.75) is 38.1 Å². The Morgan fingerprint density at radius 2 is 1.96 bits per heavy atom. The van der Waals surface area contributed by atoms with Crippen molar-refractivity contribution < 1.29 is 24.2 Å². The minimum absolute atomic E-state index is 0.000677. The van der Waals surface area contributed by atoms with Gasteiger partial charge in [-0.25, -0.2) is 4.79 Å². The number of carboxylic acids is 1. The first kappa shape index (κ1) is 17.3. The summed E-state index contributed by atoms with van der Waals surface area (Å²) in [6.45, 7) is -0.269. The number of hydrogen-bond acceptors (Lipinski definition) is 4. The SMILES string of the molecule is O=C(COc1cccc(NC(=O)C2CC2)c1)NC(CC1CC1)C(=O)O. The van der Waals surface area contributed by atoms with E-state index in [0.29, 0.717) is 23.8 Å². The van der Waals surface area contributed by atoms with Gasteiger partial charge in [0.05, 0.1) is 0 Å². The predicted octanol–water partition coefficient (Wildman–Crippen LogP) is 1.78. The van der Waals surface area contributed by atoms with Gasteiger partial charge in [0.1, 0.15) is 11.8 Å². The summed E-state index contributed by atoms with van der Waals surface area (Å²) >= 11 is 0. The fourth-order valence-electron chi connectivity index (χ4n) is 2.55. The standard InChI is InChI=1S/C18H22N2O5/c21-16(20-15(18(23)24)8-11-4-5-11)10-25-14-3-1-2-13(9-14)19-17(22)12-6-7-12/h1-3,9,11-12,15H,4-8,10H2,(H,19,22)(H,20,21)(H,23,24). The van der Waals surface area contributed by atoms with Crippen LogP contribution < -0.4 is 15.4 Å². The fraction of sp³-hybridized carbons (Fsp3) is 0.500. The van der Waals surface area contributed by atoms with E-state index in [9.17, 15) is 14.4 Å². The number of rotatable bonds is 9. The largest absolute Gasteiger partial charge is 0.484 e. The molecule has 0 heterocycles. The minimum Gasteiger partial charge on any atom is -0.484 e. The summed E-state index contributed by atoms with van der Waals surface area (Å²) in [6.07, 6.45) is 4.36. The van der Waals surface area contributed by atoms with Gasteiger partial charge < -0.3 is 20.5 Å². The second kappa shape index (κ2) is 7.55. The van der Waals surface area contributed by atoms with E-state index in [1.165, 1.54) is 0 Å². The number of amides is 2. The Morgan fingerprint density at radius 1 is 1.20 bits per heavy atom. The van der Waals surface area contributed by atoms with Gasteiger partial charge in [0.2, 0.25) is 5.91 Å². The lowest BCUT2D eigenvalue weighted by Crippen LogP contribution is -2.43. The number of aliphatic carboxylic acids is 1. The molecule has 2 saturated carbocycles. The maximum atomic E-state index is 11.9. The maximum absolute atomic E-state index is 11.9. The summed E-state index contributed by atoms with van der Waals surface area (Å²) < 4.78 is 5.41. The quantitative estimate of drug-likeness (QED) is 0.632.